The number of nitrogens with zero attached hydrogens (tertiary/aromatic N) is 2. The van der Waals surface area contributed by atoms with Crippen LogP contribution >= 0.6 is 11.8 Å². The number of hydrogen-bond acceptors (Lipinski definition) is 6. The molecule has 1 aliphatic rings. The Morgan fingerprint density at radius 1 is 1.39 bits per heavy atom. The zero-order valence-electron chi connectivity index (χ0n) is 16.1. The summed E-state index contributed by atoms with van der Waals surface area (Å²) in [6.07, 6.45) is 2.93. The molecule has 0 saturated carbocycles. The van der Waals surface area contributed by atoms with Crippen LogP contribution in [0, 0.1) is 12.8 Å². The third-order valence-electron chi connectivity index (χ3n) is 4.60. The Labute approximate surface area is 169 Å². The van der Waals surface area contributed by atoms with Crippen molar-refractivity contribution >= 4 is 27.7 Å². The lowest BCUT2D eigenvalue weighted by Gasteiger charge is -2.33. The van der Waals surface area contributed by atoms with Gasteiger partial charge in [-0.3, -0.25) is 4.79 Å². The first-order chi connectivity index (χ1) is 13.3. The molecule has 0 aliphatic carbocycles. The van der Waals surface area contributed by atoms with Gasteiger partial charge in [-0.1, -0.05) is 17.3 Å². The quantitative estimate of drug-likeness (QED) is 0.689. The van der Waals surface area contributed by atoms with Crippen LogP contribution < -0.4 is 4.72 Å². The first kappa shape index (κ1) is 20.9. The van der Waals surface area contributed by atoms with Crippen molar-refractivity contribution in [3.05, 3.63) is 47.3 Å². The van der Waals surface area contributed by atoms with Crippen molar-refractivity contribution in [2.45, 2.75) is 30.4 Å². The van der Waals surface area contributed by atoms with Gasteiger partial charge in [0.15, 0.2) is 0 Å². The summed E-state index contributed by atoms with van der Waals surface area (Å²) in [7, 11) is -3.22. The number of benzene rings is 1. The van der Waals surface area contributed by atoms with Gasteiger partial charge >= 0.3 is 0 Å². The first-order valence-electron chi connectivity index (χ1n) is 9.20. The zero-order valence-corrected chi connectivity index (χ0v) is 17.7. The topological polar surface area (TPSA) is 92.5 Å². The van der Waals surface area contributed by atoms with Gasteiger partial charge in [-0.2, -0.15) is 0 Å². The number of sulfonamides is 1. The summed E-state index contributed by atoms with van der Waals surface area (Å²) in [4.78, 5) is 15.9. The van der Waals surface area contributed by atoms with Crippen LogP contribution in [0.4, 0.5) is 0 Å². The normalized spacial score (nSPS) is 17.6. The number of aryl methyl sites for hydroxylation is 1. The summed E-state index contributed by atoms with van der Waals surface area (Å²) in [6.45, 7) is 3.49. The number of piperidine rings is 1. The van der Waals surface area contributed by atoms with E-state index in [-0.39, 0.29) is 11.8 Å². The van der Waals surface area contributed by atoms with Crippen LogP contribution in [-0.2, 0) is 15.8 Å². The summed E-state index contributed by atoms with van der Waals surface area (Å²) in [5.41, 5.74) is 1.50. The minimum absolute atomic E-state index is 0.0130. The van der Waals surface area contributed by atoms with Crippen LogP contribution in [0.5, 0.6) is 0 Å². The Morgan fingerprint density at radius 2 is 2.18 bits per heavy atom. The van der Waals surface area contributed by atoms with E-state index in [1.165, 1.54) is 0 Å². The van der Waals surface area contributed by atoms with Gasteiger partial charge in [0, 0.05) is 30.6 Å². The molecule has 0 radical (unpaired) electrons. The summed E-state index contributed by atoms with van der Waals surface area (Å²) < 4.78 is 30.5. The second kappa shape index (κ2) is 9.11. The second-order valence-corrected chi connectivity index (χ2v) is 9.95. The van der Waals surface area contributed by atoms with Gasteiger partial charge in [-0.15, -0.1) is 11.8 Å². The number of likely N-dealkylation sites (tertiary alicyclic amines) is 1. The van der Waals surface area contributed by atoms with E-state index in [1.54, 1.807) is 11.8 Å². The molecule has 1 N–H and O–H groups in total. The maximum absolute atomic E-state index is 13.1. The van der Waals surface area contributed by atoms with Gasteiger partial charge in [0.25, 0.3) is 5.91 Å². The molecule has 1 atom stereocenters. The lowest BCUT2D eigenvalue weighted by Crippen LogP contribution is -2.43. The third kappa shape index (κ3) is 5.83. The maximum Gasteiger partial charge on any atom is 0.254 e. The van der Waals surface area contributed by atoms with Crippen molar-refractivity contribution in [2.24, 2.45) is 5.92 Å². The van der Waals surface area contributed by atoms with Crippen molar-refractivity contribution < 1.29 is 17.7 Å². The van der Waals surface area contributed by atoms with Gasteiger partial charge in [-0.25, -0.2) is 13.1 Å². The highest BCUT2D eigenvalue weighted by Gasteiger charge is 2.26. The van der Waals surface area contributed by atoms with Crippen LogP contribution in [0.15, 0.2) is 39.8 Å². The number of carbonyl (C=O) groups excluding carboxylic acids is 1. The van der Waals surface area contributed by atoms with Crippen LogP contribution in [0.3, 0.4) is 0 Å². The van der Waals surface area contributed by atoms with E-state index in [0.29, 0.717) is 31.0 Å². The largest absolute Gasteiger partial charge is 0.360 e. The maximum atomic E-state index is 13.1. The van der Waals surface area contributed by atoms with E-state index in [2.05, 4.69) is 9.88 Å². The predicted octanol–water partition coefficient (Wildman–Crippen LogP) is 2.68. The van der Waals surface area contributed by atoms with Crippen molar-refractivity contribution in [2.75, 3.05) is 25.9 Å². The molecule has 1 unspecified atom stereocenters. The van der Waals surface area contributed by atoms with E-state index >= 15 is 0 Å². The Kier molecular flexibility index (Phi) is 6.79. The van der Waals surface area contributed by atoms with Crippen molar-refractivity contribution in [1.29, 1.82) is 0 Å². The molecule has 1 fully saturated rings. The lowest BCUT2D eigenvalue weighted by molar-refractivity contribution is 0.0673. The molecule has 1 saturated heterocycles. The van der Waals surface area contributed by atoms with Gasteiger partial charge in [0.05, 0.1) is 23.3 Å². The van der Waals surface area contributed by atoms with Gasteiger partial charge in [-0.05, 0) is 37.8 Å². The minimum Gasteiger partial charge on any atom is -0.360 e. The fourth-order valence-corrected chi connectivity index (χ4v) is 4.72. The average molecular weight is 424 g/mol. The number of amides is 1. The fraction of sp³-hybridized carbons (Fsp3) is 0.474. The Bertz CT molecular complexity index is 927. The number of thioether (sulfide) groups is 1. The Morgan fingerprint density at radius 3 is 2.89 bits per heavy atom. The predicted molar refractivity (Wildman–Crippen MR) is 109 cm³/mol. The summed E-state index contributed by atoms with van der Waals surface area (Å²) in [5.74, 6) is 1.49. The van der Waals surface area contributed by atoms with Crippen molar-refractivity contribution in [1.82, 2.24) is 14.8 Å². The number of aromatic nitrogens is 1. The molecule has 152 valence electrons. The molecule has 7 nitrogen and oxygen atoms in total. The number of nitrogens with one attached hydrogen (secondary N) is 1. The van der Waals surface area contributed by atoms with E-state index in [1.807, 2.05) is 42.2 Å². The van der Waals surface area contributed by atoms with Gasteiger partial charge < -0.3 is 9.42 Å². The summed E-state index contributed by atoms with van der Waals surface area (Å²) in [6, 6.07) is 9.45. The van der Waals surface area contributed by atoms with Crippen LogP contribution in [-0.4, -0.2) is 50.3 Å². The van der Waals surface area contributed by atoms with Crippen molar-refractivity contribution in [3.63, 3.8) is 0 Å². The molecule has 9 heteroatoms. The standard InChI is InChI=1S/C19H25N3O4S2/c1-14-10-16(26-21-14)13-27-18-8-4-3-7-17(18)19(23)22-9-5-6-15(12-22)11-20-28(2,24)25/h3-4,7-8,10,15,20H,5-6,9,11-13H2,1-2H3. The summed E-state index contributed by atoms with van der Waals surface area (Å²) in [5, 5.41) is 3.89. The van der Waals surface area contributed by atoms with Gasteiger partial charge in [0.1, 0.15) is 5.76 Å². The highest BCUT2D eigenvalue weighted by Crippen LogP contribution is 2.28. The van der Waals surface area contributed by atoms with Crippen LogP contribution in [0.2, 0.25) is 0 Å². The Hall–Kier alpha value is -1.84. The lowest BCUT2D eigenvalue weighted by atomic mass is 9.97. The molecule has 1 aliphatic heterocycles. The second-order valence-electron chi connectivity index (χ2n) is 7.10. The fourth-order valence-electron chi connectivity index (χ4n) is 3.26. The summed E-state index contributed by atoms with van der Waals surface area (Å²) >= 11 is 1.55. The SMILES string of the molecule is Cc1cc(CSc2ccccc2C(=O)N2CCCC(CNS(C)(=O)=O)C2)on1. The van der Waals surface area contributed by atoms with Gasteiger partial charge in [0.2, 0.25) is 10.0 Å². The van der Waals surface area contributed by atoms with Crippen LogP contribution in [0.1, 0.15) is 34.7 Å². The van der Waals surface area contributed by atoms with Crippen LogP contribution in [0.25, 0.3) is 0 Å². The Balaban J connectivity index is 1.66. The molecule has 28 heavy (non-hydrogen) atoms. The average Bonchev–Trinajstić information content (AvgIpc) is 3.09. The molecule has 0 bridgehead atoms. The molecule has 1 amide bonds. The first-order valence-corrected chi connectivity index (χ1v) is 12.1. The molecule has 1 aromatic heterocycles. The van der Waals surface area contributed by atoms with Crippen molar-refractivity contribution in [3.8, 4) is 0 Å². The van der Waals surface area contributed by atoms with E-state index in [4.69, 9.17) is 4.52 Å². The minimum atomic E-state index is -3.22. The zero-order chi connectivity index (χ0) is 20.1. The van der Waals surface area contributed by atoms with E-state index in [9.17, 15) is 13.2 Å². The molecular weight excluding hydrogens is 398 g/mol. The molecule has 3 rings (SSSR count). The smallest absolute Gasteiger partial charge is 0.254 e. The number of hydrogen-bond donors (Lipinski definition) is 1. The monoisotopic (exact) mass is 423 g/mol. The molecule has 2 aromatic rings. The van der Waals surface area contributed by atoms with E-state index < -0.39 is 10.0 Å². The molecule has 0 spiro atoms. The number of carbonyl (C=O) groups is 1. The molecule has 2 heterocycles. The van der Waals surface area contributed by atoms with E-state index in [0.717, 1.165) is 35.4 Å². The third-order valence-corrected chi connectivity index (χ3v) is 6.39. The molecule has 1 aromatic carbocycles. The highest BCUT2D eigenvalue weighted by atomic mass is 32.2. The molecular formula is C19H25N3O4S2. The number of rotatable bonds is 7. The highest BCUT2D eigenvalue weighted by molar-refractivity contribution is 7.98.